The second kappa shape index (κ2) is 5.98. The molecule has 1 aliphatic rings. The lowest BCUT2D eigenvalue weighted by atomic mass is 10.1. The fourth-order valence-electron chi connectivity index (χ4n) is 2.03. The van der Waals surface area contributed by atoms with Gasteiger partial charge in [0.2, 0.25) is 5.91 Å². The Balaban J connectivity index is 2.20. The maximum Gasteiger partial charge on any atom is 0.254 e. The zero-order valence-corrected chi connectivity index (χ0v) is 11.6. The molecule has 2 rings (SSSR count). The Hall–Kier alpha value is -1.99. The molecule has 1 fully saturated rings. The molecule has 0 aromatic heterocycles. The molecule has 1 saturated heterocycles. The number of nitrogens with two attached hydrogens (primary N) is 2. The van der Waals surface area contributed by atoms with Crippen LogP contribution >= 0.6 is 12.2 Å². The number of benzene rings is 1. The number of rotatable bonds is 3. The van der Waals surface area contributed by atoms with Crippen LogP contribution in [0.5, 0.6) is 0 Å². The third-order valence-corrected chi connectivity index (χ3v) is 3.37. The van der Waals surface area contributed by atoms with Gasteiger partial charge >= 0.3 is 0 Å². The van der Waals surface area contributed by atoms with Crippen LogP contribution < -0.4 is 11.5 Å². The van der Waals surface area contributed by atoms with E-state index in [4.69, 9.17) is 28.4 Å². The van der Waals surface area contributed by atoms with Gasteiger partial charge in [0, 0.05) is 17.7 Å². The first kappa shape index (κ1) is 14.4. The number of ether oxygens (including phenoxy) is 1. The van der Waals surface area contributed by atoms with Crippen molar-refractivity contribution in [2.24, 2.45) is 11.5 Å². The first-order valence-electron chi connectivity index (χ1n) is 6.08. The number of hydrogen-bond donors (Lipinski definition) is 2. The third kappa shape index (κ3) is 2.94. The van der Waals surface area contributed by atoms with Crippen LogP contribution in [-0.4, -0.2) is 47.5 Å². The van der Waals surface area contributed by atoms with Gasteiger partial charge in [-0.15, -0.1) is 0 Å². The van der Waals surface area contributed by atoms with Gasteiger partial charge in [-0.05, 0) is 12.1 Å². The number of thiocarbonyl (C=S) groups is 1. The SMILES string of the molecule is NC(=O)C1COCCN1C(=O)c1ccc(C(N)=S)cc1. The van der Waals surface area contributed by atoms with E-state index in [0.717, 1.165) is 0 Å². The largest absolute Gasteiger partial charge is 0.389 e. The molecular formula is C13H15N3O3S. The van der Waals surface area contributed by atoms with Gasteiger partial charge in [0.15, 0.2) is 0 Å². The summed E-state index contributed by atoms with van der Waals surface area (Å²) in [5.74, 6) is -0.829. The van der Waals surface area contributed by atoms with Gasteiger partial charge in [-0.3, -0.25) is 9.59 Å². The fourth-order valence-corrected chi connectivity index (χ4v) is 2.16. The van der Waals surface area contributed by atoms with Crippen LogP contribution in [0.1, 0.15) is 15.9 Å². The molecule has 0 aliphatic carbocycles. The van der Waals surface area contributed by atoms with E-state index in [0.29, 0.717) is 24.3 Å². The van der Waals surface area contributed by atoms with E-state index in [-0.39, 0.29) is 17.5 Å². The van der Waals surface area contributed by atoms with Gasteiger partial charge in [-0.25, -0.2) is 0 Å². The number of amides is 2. The summed E-state index contributed by atoms with van der Waals surface area (Å²) in [6, 6.07) is 5.88. The Labute approximate surface area is 121 Å². The molecule has 1 aromatic rings. The van der Waals surface area contributed by atoms with Crippen LogP contribution in [0.4, 0.5) is 0 Å². The minimum absolute atomic E-state index is 0.131. The smallest absolute Gasteiger partial charge is 0.254 e. The quantitative estimate of drug-likeness (QED) is 0.742. The number of hydrogen-bond acceptors (Lipinski definition) is 4. The third-order valence-electron chi connectivity index (χ3n) is 3.13. The fraction of sp³-hybridized carbons (Fsp3) is 0.308. The van der Waals surface area contributed by atoms with Gasteiger partial charge in [-0.2, -0.15) is 0 Å². The summed E-state index contributed by atoms with van der Waals surface area (Å²) in [4.78, 5) is 25.5. The van der Waals surface area contributed by atoms with Crippen molar-refractivity contribution in [2.45, 2.75) is 6.04 Å². The van der Waals surface area contributed by atoms with Gasteiger partial charge < -0.3 is 21.1 Å². The molecule has 0 bridgehead atoms. The zero-order valence-electron chi connectivity index (χ0n) is 10.7. The minimum atomic E-state index is -0.730. The predicted octanol–water partition coefficient (Wildman–Crippen LogP) is -0.353. The first-order valence-corrected chi connectivity index (χ1v) is 6.49. The molecule has 6 nitrogen and oxygen atoms in total. The van der Waals surface area contributed by atoms with Crippen molar-refractivity contribution in [3.63, 3.8) is 0 Å². The monoisotopic (exact) mass is 293 g/mol. The summed E-state index contributed by atoms with van der Waals surface area (Å²) >= 11 is 4.85. The highest BCUT2D eigenvalue weighted by Gasteiger charge is 2.31. The number of morpholine rings is 1. The zero-order chi connectivity index (χ0) is 14.7. The molecule has 1 unspecified atom stereocenters. The number of carbonyl (C=O) groups excluding carboxylic acids is 2. The molecule has 106 valence electrons. The first-order chi connectivity index (χ1) is 9.50. The van der Waals surface area contributed by atoms with Crippen LogP contribution in [0, 0.1) is 0 Å². The maximum atomic E-state index is 12.4. The van der Waals surface area contributed by atoms with Crippen molar-refractivity contribution in [1.29, 1.82) is 0 Å². The Morgan fingerprint density at radius 1 is 1.20 bits per heavy atom. The molecule has 1 aromatic carbocycles. The van der Waals surface area contributed by atoms with E-state index >= 15 is 0 Å². The topological polar surface area (TPSA) is 98.7 Å². The average Bonchev–Trinajstić information content (AvgIpc) is 2.46. The second-order valence-electron chi connectivity index (χ2n) is 4.43. The molecule has 1 atom stereocenters. The lowest BCUT2D eigenvalue weighted by molar-refractivity contribution is -0.127. The van der Waals surface area contributed by atoms with Gasteiger partial charge in [0.1, 0.15) is 11.0 Å². The maximum absolute atomic E-state index is 12.4. The second-order valence-corrected chi connectivity index (χ2v) is 4.87. The predicted molar refractivity (Wildman–Crippen MR) is 77.2 cm³/mol. The van der Waals surface area contributed by atoms with Crippen LogP contribution in [0.25, 0.3) is 0 Å². The molecule has 20 heavy (non-hydrogen) atoms. The van der Waals surface area contributed by atoms with Crippen molar-refractivity contribution < 1.29 is 14.3 Å². The highest BCUT2D eigenvalue weighted by atomic mass is 32.1. The van der Waals surface area contributed by atoms with Crippen molar-refractivity contribution in [2.75, 3.05) is 19.8 Å². The minimum Gasteiger partial charge on any atom is -0.389 e. The molecule has 1 aliphatic heterocycles. The van der Waals surface area contributed by atoms with E-state index in [1.54, 1.807) is 24.3 Å². The number of primary amides is 1. The van der Waals surface area contributed by atoms with Crippen molar-refractivity contribution in [3.05, 3.63) is 35.4 Å². The van der Waals surface area contributed by atoms with Crippen LogP contribution in [0.2, 0.25) is 0 Å². The Bertz CT molecular complexity index is 544. The summed E-state index contributed by atoms with van der Waals surface area (Å²) in [6.07, 6.45) is 0. The average molecular weight is 293 g/mol. The Morgan fingerprint density at radius 3 is 2.35 bits per heavy atom. The summed E-state index contributed by atoms with van der Waals surface area (Å²) in [6.45, 7) is 0.857. The van der Waals surface area contributed by atoms with Crippen molar-refractivity contribution >= 4 is 29.0 Å². The highest BCUT2D eigenvalue weighted by molar-refractivity contribution is 7.80. The van der Waals surface area contributed by atoms with Crippen LogP contribution in [0.3, 0.4) is 0 Å². The normalized spacial score (nSPS) is 18.6. The van der Waals surface area contributed by atoms with E-state index in [2.05, 4.69) is 0 Å². The molecule has 2 amide bonds. The molecule has 0 radical (unpaired) electrons. The lowest BCUT2D eigenvalue weighted by Crippen LogP contribution is -2.54. The lowest BCUT2D eigenvalue weighted by Gasteiger charge is -2.33. The highest BCUT2D eigenvalue weighted by Crippen LogP contribution is 2.13. The van der Waals surface area contributed by atoms with Gasteiger partial charge in [0.05, 0.1) is 13.2 Å². The summed E-state index contributed by atoms with van der Waals surface area (Å²) in [5.41, 5.74) is 11.9. The molecule has 7 heteroatoms. The van der Waals surface area contributed by atoms with Gasteiger partial charge in [-0.1, -0.05) is 24.4 Å². The van der Waals surface area contributed by atoms with Crippen LogP contribution in [0.15, 0.2) is 24.3 Å². The van der Waals surface area contributed by atoms with E-state index in [9.17, 15) is 9.59 Å². The van der Waals surface area contributed by atoms with Crippen LogP contribution in [-0.2, 0) is 9.53 Å². The standard InChI is InChI=1S/C13H15N3O3S/c14-11(17)10-7-19-6-5-16(10)13(18)9-3-1-8(2-4-9)12(15)20/h1-4,10H,5-7H2,(H2,14,17)(H2,15,20). The molecule has 0 saturated carbocycles. The summed E-state index contributed by atoms with van der Waals surface area (Å²) in [5, 5.41) is 0. The summed E-state index contributed by atoms with van der Waals surface area (Å²) < 4.78 is 5.18. The van der Waals surface area contributed by atoms with E-state index in [1.165, 1.54) is 4.90 Å². The van der Waals surface area contributed by atoms with Gasteiger partial charge in [0.25, 0.3) is 5.91 Å². The molecule has 0 spiro atoms. The van der Waals surface area contributed by atoms with E-state index in [1.807, 2.05) is 0 Å². The summed E-state index contributed by atoms with van der Waals surface area (Å²) in [7, 11) is 0. The Morgan fingerprint density at radius 2 is 1.80 bits per heavy atom. The van der Waals surface area contributed by atoms with E-state index < -0.39 is 11.9 Å². The molecule has 1 heterocycles. The van der Waals surface area contributed by atoms with Crippen molar-refractivity contribution in [1.82, 2.24) is 4.90 Å². The Kier molecular flexibility index (Phi) is 4.31. The molecule has 4 N–H and O–H groups in total. The molecular weight excluding hydrogens is 278 g/mol. The van der Waals surface area contributed by atoms with Crippen molar-refractivity contribution in [3.8, 4) is 0 Å². The number of carbonyl (C=O) groups is 2. The number of nitrogens with zero attached hydrogens (tertiary/aromatic N) is 1.